The van der Waals surface area contributed by atoms with Crippen LogP contribution in [0.25, 0.3) is 0 Å². The first kappa shape index (κ1) is 15.4. The molecule has 1 aliphatic carbocycles. The smallest absolute Gasteiger partial charge is 0.274 e. The summed E-state index contributed by atoms with van der Waals surface area (Å²) < 4.78 is 28.4. The van der Waals surface area contributed by atoms with Crippen LogP contribution in [0.2, 0.25) is 0 Å². The van der Waals surface area contributed by atoms with E-state index in [4.69, 9.17) is 0 Å². The summed E-state index contributed by atoms with van der Waals surface area (Å²) in [6, 6.07) is 5.70. The molecule has 4 nitrogen and oxygen atoms in total. The Morgan fingerprint density at radius 2 is 2.04 bits per heavy atom. The minimum absolute atomic E-state index is 0.211. The van der Waals surface area contributed by atoms with Crippen molar-refractivity contribution in [1.82, 2.24) is 4.57 Å². The first-order valence-corrected chi connectivity index (χ1v) is 7.31. The van der Waals surface area contributed by atoms with Gasteiger partial charge in [0, 0.05) is 19.2 Å². The summed E-state index contributed by atoms with van der Waals surface area (Å²) in [7, 11) is 1.60. The molecule has 6 heteroatoms. The first-order chi connectivity index (χ1) is 10.9. The van der Waals surface area contributed by atoms with Crippen LogP contribution in [0, 0.1) is 24.5 Å². The van der Waals surface area contributed by atoms with Crippen LogP contribution in [0.4, 0.5) is 14.5 Å². The second kappa shape index (κ2) is 5.61. The lowest BCUT2D eigenvalue weighted by Crippen LogP contribution is -2.26. The van der Waals surface area contributed by atoms with Crippen LogP contribution < -0.4 is 10.9 Å². The number of pyridine rings is 1. The number of benzene rings is 1. The number of anilines is 1. The Morgan fingerprint density at radius 3 is 2.78 bits per heavy atom. The van der Waals surface area contributed by atoms with Crippen LogP contribution in [0.15, 0.2) is 35.3 Å². The number of carbonyl (C=O) groups excluding carboxylic acids is 1. The van der Waals surface area contributed by atoms with Gasteiger partial charge in [-0.15, -0.1) is 0 Å². The second-order valence-corrected chi connectivity index (χ2v) is 5.87. The van der Waals surface area contributed by atoms with Crippen LogP contribution >= 0.6 is 0 Å². The number of nitrogens with zero attached hydrogens (tertiary/aromatic N) is 1. The van der Waals surface area contributed by atoms with Gasteiger partial charge in [-0.25, -0.2) is 8.78 Å². The SMILES string of the molecule is Cc1ccn(C)c(=O)c1NC(=O)[C@@H]1C[C@H]1c1cccc(F)c1F. The molecule has 1 heterocycles. The highest BCUT2D eigenvalue weighted by molar-refractivity contribution is 5.95. The topological polar surface area (TPSA) is 51.1 Å². The monoisotopic (exact) mass is 318 g/mol. The average Bonchev–Trinajstić information content (AvgIpc) is 3.31. The lowest BCUT2D eigenvalue weighted by Gasteiger charge is -2.09. The molecule has 0 aliphatic heterocycles. The number of halogens is 2. The molecule has 1 aromatic heterocycles. The summed E-state index contributed by atoms with van der Waals surface area (Å²) in [6.07, 6.45) is 2.06. The Hall–Kier alpha value is -2.50. The molecule has 23 heavy (non-hydrogen) atoms. The van der Waals surface area contributed by atoms with Crippen molar-refractivity contribution in [3.8, 4) is 0 Å². The Bertz CT molecular complexity index is 845. The molecule has 2 atom stereocenters. The summed E-state index contributed by atoms with van der Waals surface area (Å²) in [4.78, 5) is 24.4. The third-order valence-corrected chi connectivity index (χ3v) is 4.23. The molecule has 0 saturated heterocycles. The number of nitrogens with one attached hydrogen (secondary N) is 1. The Kier molecular flexibility index (Phi) is 3.75. The van der Waals surface area contributed by atoms with Gasteiger partial charge in [0.2, 0.25) is 5.91 Å². The summed E-state index contributed by atoms with van der Waals surface area (Å²) in [5, 5.41) is 2.63. The standard InChI is InChI=1S/C17H16F2N2O2/c1-9-6-7-21(2)17(23)15(9)20-16(22)12-8-11(12)10-4-3-5-13(18)14(10)19/h3-7,11-12H,8H2,1-2H3,(H,20,22)/t11-,12+/m0/s1. The largest absolute Gasteiger partial charge is 0.321 e. The molecular weight excluding hydrogens is 302 g/mol. The van der Waals surface area contributed by atoms with Gasteiger partial charge in [-0.1, -0.05) is 12.1 Å². The van der Waals surface area contributed by atoms with Gasteiger partial charge >= 0.3 is 0 Å². The number of carbonyl (C=O) groups is 1. The number of aryl methyl sites for hydroxylation is 2. The molecule has 1 aromatic carbocycles. The van der Waals surface area contributed by atoms with Crippen molar-refractivity contribution in [2.75, 3.05) is 5.32 Å². The molecule has 1 aliphatic rings. The fourth-order valence-electron chi connectivity index (χ4n) is 2.72. The molecule has 1 fully saturated rings. The van der Waals surface area contributed by atoms with Crippen LogP contribution in [0.1, 0.15) is 23.5 Å². The van der Waals surface area contributed by atoms with Crippen LogP contribution in [-0.2, 0) is 11.8 Å². The van der Waals surface area contributed by atoms with E-state index in [2.05, 4.69) is 5.32 Å². The summed E-state index contributed by atoms with van der Waals surface area (Å²) in [5.74, 6) is -2.96. The van der Waals surface area contributed by atoms with Crippen molar-refractivity contribution in [3.63, 3.8) is 0 Å². The second-order valence-electron chi connectivity index (χ2n) is 5.87. The third kappa shape index (κ3) is 2.76. The number of amides is 1. The van der Waals surface area contributed by atoms with Crippen molar-refractivity contribution in [2.24, 2.45) is 13.0 Å². The zero-order valence-corrected chi connectivity index (χ0v) is 12.8. The van der Waals surface area contributed by atoms with Gasteiger partial charge in [0.15, 0.2) is 11.6 Å². The number of hydrogen-bond donors (Lipinski definition) is 1. The molecule has 0 unspecified atom stereocenters. The lowest BCUT2D eigenvalue weighted by atomic mass is 10.1. The molecule has 1 N–H and O–H groups in total. The minimum atomic E-state index is -0.915. The van der Waals surface area contributed by atoms with Gasteiger partial charge in [0.05, 0.1) is 0 Å². The van der Waals surface area contributed by atoms with E-state index >= 15 is 0 Å². The Balaban J connectivity index is 1.78. The van der Waals surface area contributed by atoms with Crippen LogP contribution in [0.5, 0.6) is 0 Å². The van der Waals surface area contributed by atoms with Crippen molar-refractivity contribution < 1.29 is 13.6 Å². The summed E-state index contributed by atoms with van der Waals surface area (Å²) >= 11 is 0. The maximum atomic E-state index is 13.8. The minimum Gasteiger partial charge on any atom is -0.321 e. The van der Waals surface area contributed by atoms with E-state index in [1.54, 1.807) is 26.2 Å². The summed E-state index contributed by atoms with van der Waals surface area (Å²) in [6.45, 7) is 1.73. The van der Waals surface area contributed by atoms with Crippen LogP contribution in [0.3, 0.4) is 0 Å². The number of hydrogen-bond acceptors (Lipinski definition) is 2. The van der Waals surface area contributed by atoms with E-state index in [0.29, 0.717) is 12.0 Å². The zero-order valence-electron chi connectivity index (χ0n) is 12.8. The van der Waals surface area contributed by atoms with Gasteiger partial charge in [-0.05, 0) is 42.5 Å². The molecule has 0 spiro atoms. The quantitative estimate of drug-likeness (QED) is 0.946. The number of rotatable bonds is 3. The fraction of sp³-hybridized carbons (Fsp3) is 0.294. The zero-order chi connectivity index (χ0) is 16.7. The molecule has 2 aromatic rings. The van der Waals surface area contributed by atoms with Crippen molar-refractivity contribution in [3.05, 3.63) is 63.6 Å². The van der Waals surface area contributed by atoms with Crippen molar-refractivity contribution in [1.29, 1.82) is 0 Å². The maximum absolute atomic E-state index is 13.8. The lowest BCUT2D eigenvalue weighted by molar-refractivity contribution is -0.117. The average molecular weight is 318 g/mol. The molecule has 3 rings (SSSR count). The third-order valence-electron chi connectivity index (χ3n) is 4.23. The highest BCUT2D eigenvalue weighted by atomic mass is 19.2. The number of aromatic nitrogens is 1. The van der Waals surface area contributed by atoms with E-state index in [9.17, 15) is 18.4 Å². The fourth-order valence-corrected chi connectivity index (χ4v) is 2.72. The molecule has 0 bridgehead atoms. The predicted octanol–water partition coefficient (Wildman–Crippen LogP) is 2.71. The molecule has 1 saturated carbocycles. The predicted molar refractivity (Wildman–Crippen MR) is 82.3 cm³/mol. The van der Waals surface area contributed by atoms with Crippen LogP contribution in [-0.4, -0.2) is 10.5 Å². The Labute approximate surface area is 131 Å². The molecule has 120 valence electrons. The summed E-state index contributed by atoms with van der Waals surface area (Å²) in [5.41, 5.74) is 0.802. The normalized spacial score (nSPS) is 19.5. The molecule has 0 radical (unpaired) electrons. The van der Waals surface area contributed by atoms with E-state index in [1.807, 2.05) is 0 Å². The first-order valence-electron chi connectivity index (χ1n) is 7.31. The maximum Gasteiger partial charge on any atom is 0.274 e. The Morgan fingerprint density at radius 1 is 1.30 bits per heavy atom. The van der Waals surface area contributed by atoms with Crippen molar-refractivity contribution >= 4 is 11.6 Å². The van der Waals surface area contributed by atoms with Gasteiger partial charge in [0.1, 0.15) is 5.69 Å². The van der Waals surface area contributed by atoms with E-state index in [0.717, 1.165) is 6.07 Å². The van der Waals surface area contributed by atoms with Crippen molar-refractivity contribution in [2.45, 2.75) is 19.3 Å². The van der Waals surface area contributed by atoms with E-state index in [1.165, 1.54) is 16.7 Å². The highest BCUT2D eigenvalue weighted by Gasteiger charge is 2.45. The molecular formula is C17H16F2N2O2. The van der Waals surface area contributed by atoms with Gasteiger partial charge in [-0.2, -0.15) is 0 Å². The highest BCUT2D eigenvalue weighted by Crippen LogP contribution is 2.49. The van der Waals surface area contributed by atoms with Gasteiger partial charge < -0.3 is 9.88 Å². The van der Waals surface area contributed by atoms with E-state index < -0.39 is 17.6 Å². The van der Waals surface area contributed by atoms with Gasteiger partial charge in [0.25, 0.3) is 5.56 Å². The van der Waals surface area contributed by atoms with E-state index in [-0.39, 0.29) is 28.6 Å². The molecule has 1 amide bonds. The van der Waals surface area contributed by atoms with Gasteiger partial charge in [-0.3, -0.25) is 9.59 Å².